The molecule has 0 aliphatic heterocycles. The molecule has 0 saturated heterocycles. The molecule has 0 radical (unpaired) electrons. The van der Waals surface area contributed by atoms with Crippen LogP contribution in [0.2, 0.25) is 0 Å². The van der Waals surface area contributed by atoms with Crippen molar-refractivity contribution in [3.8, 4) is 0 Å². The van der Waals surface area contributed by atoms with Crippen LogP contribution in [0.4, 0.5) is 5.69 Å². The molecule has 0 aromatic heterocycles. The number of nitro groups is 2. The number of nitro benzene ring substituents is 1. The van der Waals surface area contributed by atoms with E-state index in [2.05, 4.69) is 9.57 Å². The number of nitrogens with zero attached hydrogens (tertiary/aromatic N) is 3. The monoisotopic (exact) mass is 329 g/mol. The maximum Gasteiger partial charge on any atom is 0.387 e. The van der Waals surface area contributed by atoms with Crippen LogP contribution in [0, 0.1) is 30.3 Å². The van der Waals surface area contributed by atoms with Crippen molar-refractivity contribution in [3.05, 3.63) is 60.2 Å². The Hall–Kier alpha value is -3.31. The molecule has 1 rings (SSSR count). The minimum atomic E-state index is -2.54. The van der Waals surface area contributed by atoms with Crippen molar-refractivity contribution in [1.82, 2.24) is 0 Å². The zero-order chi connectivity index (χ0) is 17.6. The molecule has 0 heterocycles. The van der Waals surface area contributed by atoms with E-state index < -0.39 is 39.5 Å². The SMILES string of the molecule is COC(=O)C(CO[N+](=O)[O-])(Cc1ccc([N+](=O)[O-])cc1)[N+](=O)[O-]. The van der Waals surface area contributed by atoms with E-state index >= 15 is 0 Å². The first kappa shape index (κ1) is 17.7. The molecular formula is C11H11N3O9. The summed E-state index contributed by atoms with van der Waals surface area (Å²) in [7, 11) is 0.891. The Morgan fingerprint density at radius 2 is 1.70 bits per heavy atom. The zero-order valence-electron chi connectivity index (χ0n) is 11.7. The summed E-state index contributed by atoms with van der Waals surface area (Å²) in [6.45, 7) is -1.16. The smallest absolute Gasteiger partial charge is 0.387 e. The average molecular weight is 329 g/mol. The molecule has 1 atom stereocenters. The number of non-ortho nitro benzene ring substituents is 1. The number of ether oxygens (including phenoxy) is 1. The summed E-state index contributed by atoms with van der Waals surface area (Å²) in [6, 6.07) is 4.58. The minimum absolute atomic E-state index is 0.171. The lowest BCUT2D eigenvalue weighted by atomic mass is 9.92. The number of rotatable bonds is 8. The van der Waals surface area contributed by atoms with Gasteiger partial charge in [0.05, 0.1) is 18.5 Å². The fourth-order valence-corrected chi connectivity index (χ4v) is 1.80. The van der Waals surface area contributed by atoms with Crippen LogP contribution in [0.5, 0.6) is 0 Å². The third-order valence-corrected chi connectivity index (χ3v) is 2.97. The van der Waals surface area contributed by atoms with E-state index in [9.17, 15) is 35.1 Å². The van der Waals surface area contributed by atoms with E-state index in [1.165, 1.54) is 12.1 Å². The van der Waals surface area contributed by atoms with Crippen molar-refractivity contribution in [2.75, 3.05) is 13.7 Å². The van der Waals surface area contributed by atoms with Crippen LogP contribution in [0.25, 0.3) is 0 Å². The Morgan fingerprint density at radius 3 is 2.09 bits per heavy atom. The lowest BCUT2D eigenvalue weighted by molar-refractivity contribution is -0.768. The van der Waals surface area contributed by atoms with Gasteiger partial charge in [0.25, 0.3) is 10.8 Å². The summed E-state index contributed by atoms with van der Waals surface area (Å²) in [5, 5.41) is 30.9. The van der Waals surface area contributed by atoms with Gasteiger partial charge in [0.15, 0.2) is 6.61 Å². The first-order valence-electron chi connectivity index (χ1n) is 5.96. The van der Waals surface area contributed by atoms with Crippen molar-refractivity contribution in [2.45, 2.75) is 12.0 Å². The molecule has 0 aliphatic rings. The maximum atomic E-state index is 11.8. The van der Waals surface area contributed by atoms with Crippen LogP contribution in [-0.2, 0) is 20.8 Å². The molecule has 1 aromatic rings. The van der Waals surface area contributed by atoms with E-state index in [-0.39, 0.29) is 11.3 Å². The fourth-order valence-electron chi connectivity index (χ4n) is 1.80. The van der Waals surface area contributed by atoms with Crippen LogP contribution >= 0.6 is 0 Å². The summed E-state index contributed by atoms with van der Waals surface area (Å²) in [4.78, 5) is 46.2. The number of hydrogen-bond acceptors (Lipinski definition) is 9. The molecule has 0 bridgehead atoms. The van der Waals surface area contributed by atoms with E-state index in [1.54, 1.807) is 0 Å². The molecule has 23 heavy (non-hydrogen) atoms. The van der Waals surface area contributed by atoms with Crippen LogP contribution in [0.3, 0.4) is 0 Å². The van der Waals surface area contributed by atoms with E-state index in [1.807, 2.05) is 0 Å². The summed E-state index contributed by atoms with van der Waals surface area (Å²) < 4.78 is 4.35. The van der Waals surface area contributed by atoms with Crippen LogP contribution < -0.4 is 0 Å². The predicted octanol–water partition coefficient (Wildman–Crippen LogP) is 0.534. The van der Waals surface area contributed by atoms with Gasteiger partial charge in [0.2, 0.25) is 0 Å². The van der Waals surface area contributed by atoms with Crippen molar-refractivity contribution in [3.63, 3.8) is 0 Å². The lowest BCUT2D eigenvalue weighted by Crippen LogP contribution is -2.53. The third kappa shape index (κ3) is 4.09. The summed E-state index contributed by atoms with van der Waals surface area (Å²) >= 11 is 0. The molecular weight excluding hydrogens is 318 g/mol. The standard InChI is InChI=1S/C11H11N3O9/c1-22-10(15)11(13(18)19,7-23-14(20)21)6-8-2-4-9(5-3-8)12(16)17/h2-5H,6-7H2,1H3. The van der Waals surface area contributed by atoms with Crippen molar-refractivity contribution in [2.24, 2.45) is 0 Å². The van der Waals surface area contributed by atoms with Crippen molar-refractivity contribution < 1.29 is 29.3 Å². The quantitative estimate of drug-likeness (QED) is 0.375. The largest absolute Gasteiger partial charge is 0.464 e. The Kier molecular flexibility index (Phi) is 5.48. The number of carbonyl (C=O) groups is 1. The number of carbonyl (C=O) groups excluding carboxylic acids is 1. The van der Waals surface area contributed by atoms with Gasteiger partial charge in [-0.2, -0.15) is 0 Å². The molecule has 124 valence electrons. The summed E-state index contributed by atoms with van der Waals surface area (Å²) in [5.74, 6) is -1.33. The van der Waals surface area contributed by atoms with E-state index in [0.29, 0.717) is 0 Å². The van der Waals surface area contributed by atoms with Gasteiger partial charge in [-0.25, -0.2) is 4.79 Å². The molecule has 0 aliphatic carbocycles. The van der Waals surface area contributed by atoms with Gasteiger partial charge in [-0.05, 0) is 5.56 Å². The highest BCUT2D eigenvalue weighted by atomic mass is 17.0. The van der Waals surface area contributed by atoms with Gasteiger partial charge in [-0.3, -0.25) is 20.2 Å². The second kappa shape index (κ2) is 7.11. The highest BCUT2D eigenvalue weighted by Gasteiger charge is 2.53. The van der Waals surface area contributed by atoms with E-state index in [0.717, 1.165) is 19.2 Å². The molecule has 1 aromatic carbocycles. The van der Waals surface area contributed by atoms with Crippen LogP contribution in [-0.4, -0.2) is 40.2 Å². The molecule has 12 nitrogen and oxygen atoms in total. The normalized spacial score (nSPS) is 12.7. The first-order valence-corrected chi connectivity index (χ1v) is 5.96. The summed E-state index contributed by atoms with van der Waals surface area (Å²) in [6.07, 6.45) is -0.599. The molecule has 0 N–H and O–H groups in total. The van der Waals surface area contributed by atoms with Gasteiger partial charge >= 0.3 is 11.5 Å². The molecule has 0 fully saturated rings. The Morgan fingerprint density at radius 1 is 1.13 bits per heavy atom. The van der Waals surface area contributed by atoms with Gasteiger partial charge < -0.3 is 9.57 Å². The number of hydrogen-bond donors (Lipinski definition) is 0. The van der Waals surface area contributed by atoms with Gasteiger partial charge in [0.1, 0.15) is 0 Å². The highest BCUT2D eigenvalue weighted by Crippen LogP contribution is 2.22. The molecule has 0 saturated carbocycles. The van der Waals surface area contributed by atoms with Crippen molar-refractivity contribution >= 4 is 11.7 Å². The van der Waals surface area contributed by atoms with Crippen LogP contribution in [0.1, 0.15) is 5.56 Å². The molecule has 0 amide bonds. The highest BCUT2D eigenvalue weighted by molar-refractivity contribution is 5.79. The zero-order valence-corrected chi connectivity index (χ0v) is 11.7. The van der Waals surface area contributed by atoms with Gasteiger partial charge in [-0.15, -0.1) is 10.1 Å². The lowest BCUT2D eigenvalue weighted by Gasteiger charge is -2.21. The third-order valence-electron chi connectivity index (χ3n) is 2.97. The number of methoxy groups -OCH3 is 1. The van der Waals surface area contributed by atoms with E-state index in [4.69, 9.17) is 0 Å². The Balaban J connectivity index is 3.17. The number of benzene rings is 1. The number of esters is 1. The fraction of sp³-hybridized carbons (Fsp3) is 0.364. The first-order chi connectivity index (χ1) is 10.7. The Bertz CT molecular complexity index is 630. The maximum absolute atomic E-state index is 11.8. The minimum Gasteiger partial charge on any atom is -0.464 e. The second-order valence-corrected chi connectivity index (χ2v) is 4.38. The summed E-state index contributed by atoms with van der Waals surface area (Å²) in [5.41, 5.74) is -2.62. The van der Waals surface area contributed by atoms with Gasteiger partial charge in [-0.1, -0.05) is 12.1 Å². The molecule has 0 spiro atoms. The Labute approximate surface area is 128 Å². The molecule has 1 unspecified atom stereocenters. The second-order valence-electron chi connectivity index (χ2n) is 4.38. The topological polar surface area (TPSA) is 165 Å². The van der Waals surface area contributed by atoms with Crippen LogP contribution in [0.15, 0.2) is 24.3 Å². The predicted molar refractivity (Wildman–Crippen MR) is 71.5 cm³/mol. The average Bonchev–Trinajstić information content (AvgIpc) is 2.50. The van der Waals surface area contributed by atoms with Crippen molar-refractivity contribution in [1.29, 1.82) is 0 Å². The van der Waals surface area contributed by atoms with Gasteiger partial charge in [0, 0.05) is 17.1 Å². The molecule has 12 heteroatoms.